The van der Waals surface area contributed by atoms with E-state index in [0.29, 0.717) is 12.6 Å². The molecule has 1 N–H and O–H groups in total. The first-order chi connectivity index (χ1) is 10.2. The molecule has 0 saturated carbocycles. The van der Waals surface area contributed by atoms with Crippen LogP contribution in [0, 0.1) is 0 Å². The molecule has 1 spiro atoms. The number of thioether (sulfide) groups is 1. The summed E-state index contributed by atoms with van der Waals surface area (Å²) in [4.78, 5) is 15.5. The summed E-state index contributed by atoms with van der Waals surface area (Å²) in [6.45, 7) is 5.77. The van der Waals surface area contributed by atoms with Crippen molar-refractivity contribution in [1.82, 2.24) is 9.80 Å². The molecule has 0 aliphatic carbocycles. The molecule has 3 heterocycles. The van der Waals surface area contributed by atoms with Crippen molar-refractivity contribution in [3.8, 4) is 0 Å². The molecule has 2 atom stereocenters. The molecule has 0 amide bonds. The SMILES string of the molecule is O=C(O)CCN1CCN(C2CCOC3(CCSC3)C2)CC1. The number of carboxylic acids is 1. The van der Waals surface area contributed by atoms with Gasteiger partial charge in [0.25, 0.3) is 0 Å². The molecule has 0 radical (unpaired) electrons. The van der Waals surface area contributed by atoms with Gasteiger partial charge in [0.05, 0.1) is 12.0 Å². The average Bonchev–Trinajstić information content (AvgIpc) is 2.93. The molecule has 0 aromatic rings. The second-order valence-electron chi connectivity index (χ2n) is 6.50. The van der Waals surface area contributed by atoms with Crippen molar-refractivity contribution in [1.29, 1.82) is 0 Å². The molecule has 5 nitrogen and oxygen atoms in total. The van der Waals surface area contributed by atoms with Gasteiger partial charge in [-0.1, -0.05) is 0 Å². The van der Waals surface area contributed by atoms with E-state index in [1.807, 2.05) is 11.8 Å². The van der Waals surface area contributed by atoms with Crippen molar-refractivity contribution in [3.05, 3.63) is 0 Å². The standard InChI is InChI=1S/C15H26N2O3S/c18-14(19)1-4-16-5-7-17(8-6-16)13-2-9-20-15(11-13)3-10-21-12-15/h13H,1-12H2,(H,18,19). The molecule has 21 heavy (non-hydrogen) atoms. The van der Waals surface area contributed by atoms with Crippen LogP contribution >= 0.6 is 11.8 Å². The summed E-state index contributed by atoms with van der Waals surface area (Å²) in [5.41, 5.74) is 0.161. The Morgan fingerprint density at radius 1 is 1.33 bits per heavy atom. The van der Waals surface area contributed by atoms with E-state index in [1.54, 1.807) is 0 Å². The zero-order chi connectivity index (χ0) is 14.7. The lowest BCUT2D eigenvalue weighted by molar-refractivity contribution is -0.137. The first-order valence-electron chi connectivity index (χ1n) is 8.07. The van der Waals surface area contributed by atoms with E-state index in [4.69, 9.17) is 9.84 Å². The fourth-order valence-corrected chi connectivity index (χ4v) is 5.16. The number of carboxylic acid groups (broad SMARTS) is 1. The predicted molar refractivity (Wildman–Crippen MR) is 83.9 cm³/mol. The summed E-state index contributed by atoms with van der Waals surface area (Å²) < 4.78 is 6.11. The van der Waals surface area contributed by atoms with Gasteiger partial charge in [0.1, 0.15) is 0 Å². The van der Waals surface area contributed by atoms with Gasteiger partial charge >= 0.3 is 5.97 Å². The van der Waals surface area contributed by atoms with Crippen LogP contribution in [0.25, 0.3) is 0 Å². The second kappa shape index (κ2) is 6.86. The summed E-state index contributed by atoms with van der Waals surface area (Å²) in [5.74, 6) is 1.72. The zero-order valence-corrected chi connectivity index (χ0v) is 13.4. The summed E-state index contributed by atoms with van der Waals surface area (Å²) in [5, 5.41) is 8.76. The van der Waals surface area contributed by atoms with Crippen LogP contribution in [0.3, 0.4) is 0 Å². The monoisotopic (exact) mass is 314 g/mol. The van der Waals surface area contributed by atoms with Gasteiger partial charge in [-0.25, -0.2) is 0 Å². The number of carbonyl (C=O) groups is 1. The van der Waals surface area contributed by atoms with Gasteiger partial charge in [-0.15, -0.1) is 0 Å². The smallest absolute Gasteiger partial charge is 0.304 e. The highest BCUT2D eigenvalue weighted by atomic mass is 32.2. The number of hydrogen-bond acceptors (Lipinski definition) is 5. The molecular formula is C15H26N2O3S. The lowest BCUT2D eigenvalue weighted by Gasteiger charge is -2.45. The van der Waals surface area contributed by atoms with Crippen molar-refractivity contribution in [2.75, 3.05) is 50.8 Å². The molecule has 0 aromatic heterocycles. The highest BCUT2D eigenvalue weighted by Gasteiger charge is 2.42. The van der Waals surface area contributed by atoms with Crippen LogP contribution in [0.15, 0.2) is 0 Å². The Balaban J connectivity index is 1.46. The van der Waals surface area contributed by atoms with Crippen LogP contribution in [0.4, 0.5) is 0 Å². The van der Waals surface area contributed by atoms with E-state index in [9.17, 15) is 4.79 Å². The molecule has 3 aliphatic heterocycles. The maximum absolute atomic E-state index is 10.6. The van der Waals surface area contributed by atoms with E-state index in [0.717, 1.165) is 39.2 Å². The first kappa shape index (κ1) is 15.6. The number of rotatable bonds is 4. The van der Waals surface area contributed by atoms with Crippen molar-refractivity contribution < 1.29 is 14.6 Å². The highest BCUT2D eigenvalue weighted by molar-refractivity contribution is 7.99. The number of aliphatic carboxylic acids is 1. The van der Waals surface area contributed by atoms with Crippen LogP contribution < -0.4 is 0 Å². The van der Waals surface area contributed by atoms with Crippen LogP contribution in [-0.4, -0.2) is 83.4 Å². The van der Waals surface area contributed by atoms with Crippen molar-refractivity contribution >= 4 is 17.7 Å². The topological polar surface area (TPSA) is 53.0 Å². The van der Waals surface area contributed by atoms with E-state index >= 15 is 0 Å². The van der Waals surface area contributed by atoms with E-state index in [2.05, 4.69) is 9.80 Å². The van der Waals surface area contributed by atoms with Crippen LogP contribution in [0.5, 0.6) is 0 Å². The molecule has 3 rings (SSSR count). The summed E-state index contributed by atoms with van der Waals surface area (Å²) >= 11 is 2.03. The van der Waals surface area contributed by atoms with Gasteiger partial charge in [0.15, 0.2) is 0 Å². The number of piperazine rings is 1. The molecule has 6 heteroatoms. The van der Waals surface area contributed by atoms with Crippen molar-refractivity contribution in [2.24, 2.45) is 0 Å². The Morgan fingerprint density at radius 3 is 2.81 bits per heavy atom. The third kappa shape index (κ3) is 3.92. The molecule has 3 fully saturated rings. The minimum absolute atomic E-state index is 0.161. The predicted octanol–water partition coefficient (Wildman–Crippen LogP) is 1.13. The van der Waals surface area contributed by atoms with Gasteiger partial charge in [0, 0.05) is 51.1 Å². The maximum Gasteiger partial charge on any atom is 0.304 e. The average molecular weight is 314 g/mol. The fraction of sp³-hybridized carbons (Fsp3) is 0.933. The number of hydrogen-bond donors (Lipinski definition) is 1. The summed E-state index contributed by atoms with van der Waals surface area (Å²) in [6.07, 6.45) is 3.82. The minimum Gasteiger partial charge on any atom is -0.481 e. The third-order valence-corrected chi connectivity index (χ3v) is 6.32. The van der Waals surface area contributed by atoms with Gasteiger partial charge in [-0.05, 0) is 25.0 Å². The molecule has 120 valence electrons. The third-order valence-electron chi connectivity index (χ3n) is 5.10. The Kier molecular flexibility index (Phi) is 5.09. The second-order valence-corrected chi connectivity index (χ2v) is 7.61. The quantitative estimate of drug-likeness (QED) is 0.840. The van der Waals surface area contributed by atoms with E-state index in [1.165, 1.54) is 24.3 Å². The van der Waals surface area contributed by atoms with Gasteiger partial charge < -0.3 is 14.7 Å². The van der Waals surface area contributed by atoms with Crippen LogP contribution in [0.1, 0.15) is 25.7 Å². The van der Waals surface area contributed by atoms with Crippen molar-refractivity contribution in [3.63, 3.8) is 0 Å². The Labute approximate surface area is 131 Å². The largest absolute Gasteiger partial charge is 0.481 e. The van der Waals surface area contributed by atoms with Gasteiger partial charge in [-0.3, -0.25) is 9.69 Å². The lowest BCUT2D eigenvalue weighted by Crippen LogP contribution is -2.55. The Morgan fingerprint density at radius 2 is 2.14 bits per heavy atom. The number of nitrogens with zero attached hydrogens (tertiary/aromatic N) is 2. The van der Waals surface area contributed by atoms with E-state index in [-0.39, 0.29) is 12.0 Å². The molecule has 0 bridgehead atoms. The van der Waals surface area contributed by atoms with Gasteiger partial charge in [-0.2, -0.15) is 11.8 Å². The van der Waals surface area contributed by atoms with Crippen LogP contribution in [0.2, 0.25) is 0 Å². The Hall–Kier alpha value is -0.300. The maximum atomic E-state index is 10.6. The first-order valence-corrected chi connectivity index (χ1v) is 9.22. The molecule has 2 unspecified atom stereocenters. The highest BCUT2D eigenvalue weighted by Crippen LogP contribution is 2.39. The molecule has 0 aromatic carbocycles. The lowest BCUT2D eigenvalue weighted by atomic mass is 9.88. The minimum atomic E-state index is -0.692. The summed E-state index contributed by atoms with van der Waals surface area (Å²) in [7, 11) is 0. The van der Waals surface area contributed by atoms with E-state index < -0.39 is 5.97 Å². The zero-order valence-electron chi connectivity index (χ0n) is 12.6. The Bertz CT molecular complexity index is 366. The normalized spacial score (nSPS) is 35.3. The molecular weight excluding hydrogens is 288 g/mol. The van der Waals surface area contributed by atoms with Crippen LogP contribution in [-0.2, 0) is 9.53 Å². The fourth-order valence-electron chi connectivity index (χ4n) is 3.78. The van der Waals surface area contributed by atoms with Crippen molar-refractivity contribution in [2.45, 2.75) is 37.3 Å². The summed E-state index contributed by atoms with van der Waals surface area (Å²) in [6, 6.07) is 0.666. The number of ether oxygens (including phenoxy) is 1. The molecule has 3 aliphatic rings. The van der Waals surface area contributed by atoms with Gasteiger partial charge in [0.2, 0.25) is 0 Å². The molecule has 3 saturated heterocycles.